The summed E-state index contributed by atoms with van der Waals surface area (Å²) >= 11 is 5.84. The maximum Gasteiger partial charge on any atom is 0.490 e. The molecule has 2 N–H and O–H groups in total. The SMILES string of the molecule is Cc1c(NC(=O)C=Cc2ccc(Cl)cc2)cnn1-c1ccncc1.O=C(O)C(F)(F)F. The average molecular weight is 453 g/mol. The molecule has 1 aromatic carbocycles. The van der Waals surface area contributed by atoms with Crippen molar-refractivity contribution >= 4 is 35.2 Å². The predicted molar refractivity (Wildman–Crippen MR) is 109 cm³/mol. The number of amides is 1. The highest BCUT2D eigenvalue weighted by molar-refractivity contribution is 6.30. The van der Waals surface area contributed by atoms with Gasteiger partial charge in [-0.15, -0.1) is 0 Å². The van der Waals surface area contributed by atoms with E-state index < -0.39 is 12.1 Å². The Labute approximate surface area is 179 Å². The summed E-state index contributed by atoms with van der Waals surface area (Å²) in [7, 11) is 0. The molecule has 0 spiro atoms. The number of pyridine rings is 1. The van der Waals surface area contributed by atoms with Gasteiger partial charge in [-0.2, -0.15) is 18.3 Å². The van der Waals surface area contributed by atoms with Gasteiger partial charge in [0.25, 0.3) is 0 Å². The third-order valence-electron chi connectivity index (χ3n) is 3.71. The Morgan fingerprint density at radius 3 is 2.26 bits per heavy atom. The summed E-state index contributed by atoms with van der Waals surface area (Å²) in [4.78, 5) is 25.0. The first-order chi connectivity index (χ1) is 14.6. The number of carboxylic acids is 1. The quantitative estimate of drug-likeness (QED) is 0.567. The fraction of sp³-hybridized carbons (Fsp3) is 0.100. The van der Waals surface area contributed by atoms with Crippen molar-refractivity contribution in [2.45, 2.75) is 13.1 Å². The summed E-state index contributed by atoms with van der Waals surface area (Å²) in [5, 5.41) is 14.9. The maximum atomic E-state index is 12.1. The number of aromatic nitrogens is 3. The number of rotatable bonds is 4. The van der Waals surface area contributed by atoms with Gasteiger partial charge in [-0.1, -0.05) is 23.7 Å². The Morgan fingerprint density at radius 2 is 1.71 bits per heavy atom. The lowest BCUT2D eigenvalue weighted by molar-refractivity contribution is -0.192. The van der Waals surface area contributed by atoms with Crippen LogP contribution in [0.25, 0.3) is 11.8 Å². The summed E-state index contributed by atoms with van der Waals surface area (Å²) in [6, 6.07) is 11.0. The van der Waals surface area contributed by atoms with Crippen LogP contribution in [0.2, 0.25) is 5.02 Å². The van der Waals surface area contributed by atoms with Gasteiger partial charge in [0.05, 0.1) is 23.3 Å². The van der Waals surface area contributed by atoms with Gasteiger partial charge in [0, 0.05) is 23.5 Å². The zero-order chi connectivity index (χ0) is 23.0. The summed E-state index contributed by atoms with van der Waals surface area (Å²) in [6.45, 7) is 1.89. The minimum absolute atomic E-state index is 0.220. The lowest BCUT2D eigenvalue weighted by Gasteiger charge is -2.05. The second-order valence-electron chi connectivity index (χ2n) is 5.94. The fourth-order valence-electron chi connectivity index (χ4n) is 2.20. The number of benzene rings is 1. The van der Waals surface area contributed by atoms with Crippen LogP contribution in [0, 0.1) is 6.92 Å². The molecule has 3 aromatic rings. The van der Waals surface area contributed by atoms with Gasteiger partial charge in [0.15, 0.2) is 0 Å². The number of hydrogen-bond acceptors (Lipinski definition) is 4. The molecule has 2 aromatic heterocycles. The molecule has 3 rings (SSSR count). The van der Waals surface area contributed by atoms with Crippen LogP contribution in [0.5, 0.6) is 0 Å². The van der Waals surface area contributed by atoms with Crippen molar-refractivity contribution in [1.82, 2.24) is 14.8 Å². The van der Waals surface area contributed by atoms with Crippen LogP contribution in [0.3, 0.4) is 0 Å². The molecule has 1 amide bonds. The molecule has 0 aliphatic rings. The predicted octanol–water partition coefficient (Wildman–Crippen LogP) is 4.51. The summed E-state index contributed by atoms with van der Waals surface area (Å²) in [6.07, 6.45) is 3.15. The maximum absolute atomic E-state index is 12.1. The van der Waals surface area contributed by atoms with Gasteiger partial charge in [0.2, 0.25) is 5.91 Å². The first kappa shape index (κ1) is 23.6. The van der Waals surface area contributed by atoms with E-state index in [4.69, 9.17) is 21.5 Å². The molecular weight excluding hydrogens is 437 g/mol. The van der Waals surface area contributed by atoms with Gasteiger partial charge >= 0.3 is 12.1 Å². The number of alkyl halides is 3. The van der Waals surface area contributed by atoms with Crippen molar-refractivity contribution in [2.24, 2.45) is 0 Å². The van der Waals surface area contributed by atoms with Crippen molar-refractivity contribution in [3.8, 4) is 5.69 Å². The Balaban J connectivity index is 0.000000423. The number of nitrogens with one attached hydrogen (secondary N) is 1. The number of halogens is 4. The second kappa shape index (κ2) is 10.4. The number of aliphatic carboxylic acids is 1. The van der Waals surface area contributed by atoms with E-state index in [-0.39, 0.29) is 5.91 Å². The van der Waals surface area contributed by atoms with Crippen LogP contribution in [0.4, 0.5) is 18.9 Å². The molecule has 7 nitrogen and oxygen atoms in total. The Kier molecular flexibility index (Phi) is 7.92. The molecule has 162 valence electrons. The Morgan fingerprint density at radius 1 is 1.13 bits per heavy atom. The molecule has 0 fully saturated rings. The molecule has 0 saturated heterocycles. The zero-order valence-electron chi connectivity index (χ0n) is 16.0. The first-order valence-electron chi connectivity index (χ1n) is 8.57. The summed E-state index contributed by atoms with van der Waals surface area (Å²) in [5.74, 6) is -2.98. The van der Waals surface area contributed by atoms with E-state index in [1.807, 2.05) is 31.2 Å². The van der Waals surface area contributed by atoms with Crippen LogP contribution in [0.1, 0.15) is 11.3 Å². The number of carbonyl (C=O) groups excluding carboxylic acids is 1. The van der Waals surface area contributed by atoms with Crippen molar-refractivity contribution < 1.29 is 27.9 Å². The van der Waals surface area contributed by atoms with E-state index in [1.165, 1.54) is 6.08 Å². The van der Waals surface area contributed by atoms with E-state index in [9.17, 15) is 18.0 Å². The van der Waals surface area contributed by atoms with Crippen LogP contribution in [-0.4, -0.2) is 37.9 Å². The highest BCUT2D eigenvalue weighted by Crippen LogP contribution is 2.18. The number of nitrogens with zero attached hydrogens (tertiary/aromatic N) is 3. The number of carbonyl (C=O) groups is 2. The van der Waals surface area contributed by atoms with Gasteiger partial charge in [-0.25, -0.2) is 9.48 Å². The van der Waals surface area contributed by atoms with Crippen molar-refractivity contribution in [3.63, 3.8) is 0 Å². The minimum atomic E-state index is -5.08. The van der Waals surface area contributed by atoms with E-state index in [0.717, 1.165) is 16.9 Å². The second-order valence-corrected chi connectivity index (χ2v) is 6.37. The normalized spacial score (nSPS) is 11.0. The van der Waals surface area contributed by atoms with Crippen LogP contribution >= 0.6 is 11.6 Å². The molecule has 31 heavy (non-hydrogen) atoms. The minimum Gasteiger partial charge on any atom is -0.475 e. The van der Waals surface area contributed by atoms with E-state index in [0.29, 0.717) is 10.7 Å². The molecule has 0 saturated carbocycles. The molecule has 0 bridgehead atoms. The molecule has 0 aliphatic carbocycles. The standard InChI is InChI=1S/C18H15ClN4O.C2HF3O2/c1-13-17(12-21-23(13)16-8-10-20-11-9-16)22-18(24)7-4-14-2-5-15(19)6-3-14;3-2(4,5)1(6)7/h2-12H,1H3,(H,22,24);(H,6,7). The van der Waals surface area contributed by atoms with Gasteiger partial charge in [-0.05, 0) is 42.8 Å². The van der Waals surface area contributed by atoms with Crippen LogP contribution < -0.4 is 5.32 Å². The highest BCUT2D eigenvalue weighted by atomic mass is 35.5. The topological polar surface area (TPSA) is 97.1 Å². The lowest BCUT2D eigenvalue weighted by Crippen LogP contribution is -2.21. The van der Waals surface area contributed by atoms with Gasteiger partial charge < -0.3 is 10.4 Å². The van der Waals surface area contributed by atoms with Crippen molar-refractivity contribution in [2.75, 3.05) is 5.32 Å². The fourth-order valence-corrected chi connectivity index (χ4v) is 2.32. The van der Waals surface area contributed by atoms with Crippen molar-refractivity contribution in [3.05, 3.63) is 77.3 Å². The summed E-state index contributed by atoms with van der Waals surface area (Å²) < 4.78 is 33.5. The first-order valence-corrected chi connectivity index (χ1v) is 8.95. The molecule has 2 heterocycles. The Bertz CT molecular complexity index is 1070. The van der Waals surface area contributed by atoms with Gasteiger partial charge in [-0.3, -0.25) is 9.78 Å². The Hall–Kier alpha value is -3.66. The number of hydrogen-bond donors (Lipinski definition) is 2. The molecular formula is C20H16ClF3N4O3. The number of carboxylic acid groups (broad SMARTS) is 1. The van der Waals surface area contributed by atoms with E-state index in [2.05, 4.69) is 15.4 Å². The molecule has 0 aliphatic heterocycles. The van der Waals surface area contributed by atoms with E-state index in [1.54, 1.807) is 41.5 Å². The number of anilines is 1. The molecule has 0 radical (unpaired) electrons. The average Bonchev–Trinajstić information content (AvgIpc) is 3.08. The largest absolute Gasteiger partial charge is 0.490 e. The third-order valence-corrected chi connectivity index (χ3v) is 3.97. The van der Waals surface area contributed by atoms with Crippen molar-refractivity contribution in [1.29, 1.82) is 0 Å². The monoisotopic (exact) mass is 452 g/mol. The highest BCUT2D eigenvalue weighted by Gasteiger charge is 2.38. The third kappa shape index (κ3) is 7.27. The smallest absolute Gasteiger partial charge is 0.475 e. The zero-order valence-corrected chi connectivity index (χ0v) is 16.7. The summed E-state index contributed by atoms with van der Waals surface area (Å²) in [5.41, 5.74) is 3.30. The van der Waals surface area contributed by atoms with E-state index >= 15 is 0 Å². The van der Waals surface area contributed by atoms with Crippen LogP contribution in [-0.2, 0) is 9.59 Å². The molecule has 0 atom stereocenters. The lowest BCUT2D eigenvalue weighted by atomic mass is 10.2. The van der Waals surface area contributed by atoms with Crippen LogP contribution in [0.15, 0.2) is 61.1 Å². The van der Waals surface area contributed by atoms with Gasteiger partial charge in [0.1, 0.15) is 0 Å². The molecule has 0 unspecified atom stereocenters. The molecule has 11 heteroatoms.